The number of allylic oxidation sites excluding steroid dienone is 12. The monoisotopic (exact) mass is 550 g/mol. The van der Waals surface area contributed by atoms with Crippen LogP contribution < -0.4 is 5.32 Å². The molecule has 0 aromatic carbocycles. The third-order valence-corrected chi connectivity index (χ3v) is 9.35. The van der Waals surface area contributed by atoms with E-state index >= 15 is 0 Å². The van der Waals surface area contributed by atoms with Crippen LogP contribution >= 0.6 is 0 Å². The van der Waals surface area contributed by atoms with E-state index in [1.54, 1.807) is 0 Å². The first-order valence-electron chi connectivity index (χ1n) is 14.7. The number of carbonyl (C=O) groups is 1. The highest BCUT2D eigenvalue weighted by Crippen LogP contribution is 2.46. The van der Waals surface area contributed by atoms with Gasteiger partial charge in [0.25, 0.3) is 0 Å². The van der Waals surface area contributed by atoms with E-state index in [0.717, 1.165) is 79.9 Å². The van der Waals surface area contributed by atoms with E-state index in [1.807, 2.05) is 6.92 Å². The molecule has 6 aliphatic rings. The first kappa shape index (κ1) is 27.2. The second-order valence-corrected chi connectivity index (χ2v) is 12.1. The molecule has 0 saturated carbocycles. The van der Waals surface area contributed by atoms with Gasteiger partial charge < -0.3 is 15.5 Å². The van der Waals surface area contributed by atoms with Crippen molar-refractivity contribution in [3.8, 4) is 0 Å². The Kier molecular flexibility index (Phi) is 6.51. The molecule has 0 amide bonds. The van der Waals surface area contributed by atoms with Crippen molar-refractivity contribution in [2.24, 2.45) is 32.7 Å². The van der Waals surface area contributed by atoms with Crippen LogP contribution in [0.4, 0.5) is 0 Å². The van der Waals surface area contributed by atoms with Crippen LogP contribution in [0.15, 0.2) is 106 Å². The van der Waals surface area contributed by atoms with Gasteiger partial charge in [-0.1, -0.05) is 27.7 Å². The number of fused-ring (bicyclic) bond motifs is 5. The largest absolute Gasteiger partial charge is 0.511 e. The normalized spacial score (nSPS) is 25.3. The van der Waals surface area contributed by atoms with Gasteiger partial charge in [0.15, 0.2) is 0 Å². The van der Waals surface area contributed by atoms with Crippen molar-refractivity contribution in [3.05, 3.63) is 91.5 Å². The second-order valence-electron chi connectivity index (χ2n) is 12.1. The van der Waals surface area contributed by atoms with Crippen LogP contribution in [0.5, 0.6) is 0 Å². The number of hydrogen-bond donors (Lipinski definition) is 3. The van der Waals surface area contributed by atoms with Crippen molar-refractivity contribution in [2.75, 3.05) is 0 Å². The minimum absolute atomic E-state index is 0.0368. The fraction of sp³-hybridized carbons (Fsp3) is 0.412. The minimum atomic E-state index is -0.809. The molecule has 2 atom stereocenters. The van der Waals surface area contributed by atoms with Gasteiger partial charge in [0.05, 0.1) is 34.2 Å². The van der Waals surface area contributed by atoms with E-state index in [-0.39, 0.29) is 24.2 Å². The number of rotatable bonds is 5. The Bertz CT molecular complexity index is 1660. The van der Waals surface area contributed by atoms with Gasteiger partial charge in [-0.3, -0.25) is 4.79 Å². The third kappa shape index (κ3) is 4.25. The molecule has 0 spiro atoms. The van der Waals surface area contributed by atoms with E-state index in [1.165, 1.54) is 11.1 Å². The van der Waals surface area contributed by atoms with Gasteiger partial charge in [0.1, 0.15) is 5.76 Å². The number of carboxylic acid groups (broad SMARTS) is 1. The van der Waals surface area contributed by atoms with Crippen LogP contribution in [0.25, 0.3) is 0 Å². The lowest BCUT2D eigenvalue weighted by molar-refractivity contribution is -0.137. The van der Waals surface area contributed by atoms with Gasteiger partial charge >= 0.3 is 5.97 Å². The van der Waals surface area contributed by atoms with Crippen molar-refractivity contribution in [1.29, 1.82) is 0 Å². The highest BCUT2D eigenvalue weighted by molar-refractivity contribution is 6.21. The van der Waals surface area contributed by atoms with Crippen LogP contribution in [0.2, 0.25) is 0 Å². The number of nitrogens with one attached hydrogen (secondary N) is 1. The highest BCUT2D eigenvalue weighted by atomic mass is 16.4. The molecule has 0 unspecified atom stereocenters. The Balaban J connectivity index is 1.62. The summed E-state index contributed by atoms with van der Waals surface area (Å²) in [6.45, 7) is 15.0. The molecule has 41 heavy (non-hydrogen) atoms. The standard InChI is InChI=1S/C34H38N4O3/c1-8-20-16(4)23-14-28-31(15(2)3)18(6)25(36-28)12-24-17(5)21(9-10-30(40)41)33(37-24)22-11-29(39)32-19(7)26(38-34(22)32)13-27(20)35-23/h12-15,17,21,37,39H,8-11H2,1-7H3,(H,40,41)/t17-,21-/m0/s1. The molecule has 8 bridgehead atoms. The molecule has 1 saturated heterocycles. The average molecular weight is 551 g/mol. The summed E-state index contributed by atoms with van der Waals surface area (Å²) in [5, 5.41) is 24.4. The number of carboxylic acids is 1. The molecule has 1 aliphatic carbocycles. The summed E-state index contributed by atoms with van der Waals surface area (Å²) in [5.41, 5.74) is 14.7. The number of hydrogen-bond acceptors (Lipinski definition) is 6. The summed E-state index contributed by atoms with van der Waals surface area (Å²) in [6.07, 6.45) is 8.10. The quantitative estimate of drug-likeness (QED) is 0.337. The highest BCUT2D eigenvalue weighted by Gasteiger charge is 2.41. The van der Waals surface area contributed by atoms with E-state index in [0.29, 0.717) is 18.6 Å². The van der Waals surface area contributed by atoms with Gasteiger partial charge in [-0.05, 0) is 85.6 Å². The Labute approximate surface area is 241 Å². The fourth-order valence-corrected chi connectivity index (χ4v) is 7.13. The summed E-state index contributed by atoms with van der Waals surface area (Å²) < 4.78 is 0. The van der Waals surface area contributed by atoms with Crippen molar-refractivity contribution in [2.45, 2.75) is 74.1 Å². The van der Waals surface area contributed by atoms with E-state index in [9.17, 15) is 15.0 Å². The summed E-state index contributed by atoms with van der Waals surface area (Å²) in [5.74, 6) is -0.190. The van der Waals surface area contributed by atoms with Crippen LogP contribution in [0, 0.1) is 17.8 Å². The molecule has 7 nitrogen and oxygen atoms in total. The lowest BCUT2D eigenvalue weighted by Crippen LogP contribution is -2.15. The molecule has 3 N–H and O–H groups in total. The van der Waals surface area contributed by atoms with Gasteiger partial charge in [-0.2, -0.15) is 0 Å². The zero-order chi connectivity index (χ0) is 29.3. The molecular weight excluding hydrogens is 512 g/mol. The third-order valence-electron chi connectivity index (χ3n) is 9.35. The molecule has 5 heterocycles. The Morgan fingerprint density at radius 2 is 1.73 bits per heavy atom. The van der Waals surface area contributed by atoms with Gasteiger partial charge in [-0.25, -0.2) is 15.0 Å². The maximum atomic E-state index is 11.6. The van der Waals surface area contributed by atoms with Crippen molar-refractivity contribution in [3.63, 3.8) is 0 Å². The topological polar surface area (TPSA) is 107 Å². The first-order valence-corrected chi connectivity index (χ1v) is 14.7. The maximum Gasteiger partial charge on any atom is 0.303 e. The Morgan fingerprint density at radius 1 is 1.02 bits per heavy atom. The minimum Gasteiger partial charge on any atom is -0.511 e. The Morgan fingerprint density at radius 3 is 2.41 bits per heavy atom. The molecule has 212 valence electrons. The van der Waals surface area contributed by atoms with Crippen LogP contribution in [-0.4, -0.2) is 33.3 Å². The smallest absolute Gasteiger partial charge is 0.303 e. The fourth-order valence-electron chi connectivity index (χ4n) is 7.13. The van der Waals surface area contributed by atoms with Gasteiger partial charge in [0.2, 0.25) is 0 Å². The van der Waals surface area contributed by atoms with Crippen LogP contribution in [0.3, 0.4) is 0 Å². The average Bonchev–Trinajstić information content (AvgIpc) is 3.65. The van der Waals surface area contributed by atoms with E-state index < -0.39 is 5.97 Å². The van der Waals surface area contributed by atoms with E-state index in [4.69, 9.17) is 15.0 Å². The zero-order valence-corrected chi connectivity index (χ0v) is 24.9. The predicted octanol–water partition coefficient (Wildman–Crippen LogP) is 7.18. The number of aliphatic imine (C=N–C) groups is 3. The van der Waals surface area contributed by atoms with E-state index in [2.05, 4.69) is 65.1 Å². The summed E-state index contributed by atoms with van der Waals surface area (Å²) in [6, 6.07) is 0. The summed E-state index contributed by atoms with van der Waals surface area (Å²) in [7, 11) is 0. The molecule has 0 radical (unpaired) electrons. The lowest BCUT2D eigenvalue weighted by atomic mass is 9.86. The maximum absolute atomic E-state index is 11.6. The molecule has 0 aromatic heterocycles. The van der Waals surface area contributed by atoms with Gasteiger partial charge in [-0.15, -0.1) is 0 Å². The zero-order valence-electron chi connectivity index (χ0n) is 24.9. The molecule has 7 heteroatoms. The molecular formula is C34H38N4O3. The summed E-state index contributed by atoms with van der Waals surface area (Å²) >= 11 is 0. The Hall–Kier alpha value is -4.00. The molecule has 1 fully saturated rings. The number of aliphatic hydroxyl groups excluding tert-OH is 1. The number of aliphatic hydroxyl groups is 1. The van der Waals surface area contributed by atoms with Crippen LogP contribution in [-0.2, 0) is 4.79 Å². The second kappa shape index (κ2) is 9.82. The van der Waals surface area contributed by atoms with Crippen molar-refractivity contribution >= 4 is 23.1 Å². The van der Waals surface area contributed by atoms with Crippen molar-refractivity contribution in [1.82, 2.24) is 5.32 Å². The molecule has 6 rings (SSSR count). The number of nitrogens with zero attached hydrogens (tertiary/aromatic N) is 3. The number of aliphatic carboxylic acids is 1. The lowest BCUT2D eigenvalue weighted by Gasteiger charge is -2.17. The van der Waals surface area contributed by atoms with Gasteiger partial charge in [0, 0.05) is 47.2 Å². The predicted molar refractivity (Wildman–Crippen MR) is 164 cm³/mol. The first-order chi connectivity index (χ1) is 19.5. The molecule has 0 aromatic rings. The molecule has 5 aliphatic heterocycles. The van der Waals surface area contributed by atoms with Crippen LogP contribution in [0.1, 0.15) is 74.1 Å². The SMILES string of the molecule is CCC1=C(C)C2=NC1=CC1=C(C)C3=C(O)CC(=C4NC(=CC5=NC(=C2)C(C(C)C)=C5C)[C@@H](C)[C@@H]4CCC(=O)O)C3=N1. The van der Waals surface area contributed by atoms with Crippen molar-refractivity contribution < 1.29 is 15.0 Å². The summed E-state index contributed by atoms with van der Waals surface area (Å²) in [4.78, 5) is 26.9.